The van der Waals surface area contributed by atoms with Crippen molar-refractivity contribution in [2.45, 2.75) is 19.6 Å². The smallest absolute Gasteiger partial charge is 0.0592 e. The maximum absolute atomic E-state index is 5.37. The van der Waals surface area contributed by atoms with Crippen molar-refractivity contribution in [2.24, 2.45) is 5.73 Å². The van der Waals surface area contributed by atoms with Crippen LogP contribution in [0.2, 0.25) is 19.6 Å². The monoisotopic (exact) mass is 154 g/mol. The van der Waals surface area contributed by atoms with E-state index in [-0.39, 0.29) is 18.6 Å². The molecule has 0 fully saturated rings. The Morgan fingerprint density at radius 2 is 1.43 bits per heavy atom. The molecule has 0 aromatic carbocycles. The summed E-state index contributed by atoms with van der Waals surface area (Å²) in [5.41, 5.74) is 5.37. The molecule has 2 N–H and O–H groups in total. The zero-order chi connectivity index (χ0) is 5.21. The molecule has 43 valence electrons. The summed E-state index contributed by atoms with van der Waals surface area (Å²) in [6.07, 6.45) is 0.910. The van der Waals surface area contributed by atoms with Crippen LogP contribution < -0.4 is 5.73 Å². The van der Waals surface area contributed by atoms with Gasteiger partial charge in [-0.1, -0.05) is 19.6 Å². The van der Waals surface area contributed by atoms with Crippen molar-refractivity contribution in [3.63, 3.8) is 0 Å². The first kappa shape index (κ1) is 10.7. The SMILES string of the molecule is C[Si](C)(C)CN.[V]. The number of hydrogen-bond donors (Lipinski definition) is 1. The van der Waals surface area contributed by atoms with E-state index in [1.807, 2.05) is 0 Å². The molecule has 0 atom stereocenters. The first-order valence-corrected chi connectivity index (χ1v) is 5.97. The van der Waals surface area contributed by atoms with Gasteiger partial charge in [-0.25, -0.2) is 0 Å². The Morgan fingerprint density at radius 3 is 1.43 bits per heavy atom. The van der Waals surface area contributed by atoms with Crippen LogP contribution in [-0.4, -0.2) is 14.2 Å². The molecule has 0 aromatic rings. The van der Waals surface area contributed by atoms with Gasteiger partial charge in [0.15, 0.2) is 0 Å². The van der Waals surface area contributed by atoms with Gasteiger partial charge in [0.2, 0.25) is 0 Å². The third-order valence-electron chi connectivity index (χ3n) is 0.612. The summed E-state index contributed by atoms with van der Waals surface area (Å²) in [4.78, 5) is 0. The van der Waals surface area contributed by atoms with Crippen LogP contribution in [0.3, 0.4) is 0 Å². The van der Waals surface area contributed by atoms with Crippen LogP contribution in [0.25, 0.3) is 0 Å². The molecular formula is C4H13NSiV. The van der Waals surface area contributed by atoms with Gasteiger partial charge in [0, 0.05) is 18.6 Å². The normalized spacial score (nSPS) is 10.3. The number of nitrogens with two attached hydrogens (primary N) is 1. The van der Waals surface area contributed by atoms with Gasteiger partial charge in [0.25, 0.3) is 0 Å². The molecule has 0 bridgehead atoms. The Morgan fingerprint density at radius 1 is 1.29 bits per heavy atom. The fraction of sp³-hybridized carbons (Fsp3) is 1.00. The molecule has 0 amide bonds. The van der Waals surface area contributed by atoms with E-state index < -0.39 is 8.07 Å². The van der Waals surface area contributed by atoms with E-state index in [0.29, 0.717) is 0 Å². The first-order chi connectivity index (χ1) is 2.56. The zero-order valence-electron chi connectivity index (χ0n) is 5.23. The summed E-state index contributed by atoms with van der Waals surface area (Å²) in [5.74, 6) is 0. The average Bonchev–Trinajstić information content (AvgIpc) is 1.35. The Balaban J connectivity index is 0. The molecule has 0 saturated heterocycles. The van der Waals surface area contributed by atoms with Gasteiger partial charge in [0.05, 0.1) is 8.07 Å². The summed E-state index contributed by atoms with van der Waals surface area (Å²) in [7, 11) is -0.853. The first-order valence-electron chi connectivity index (χ1n) is 2.26. The summed E-state index contributed by atoms with van der Waals surface area (Å²) in [6.45, 7) is 6.77. The van der Waals surface area contributed by atoms with Crippen LogP contribution in [0.15, 0.2) is 0 Å². The third kappa shape index (κ3) is 10.8. The minimum absolute atomic E-state index is 0. The molecule has 0 unspecified atom stereocenters. The number of hydrogen-bond acceptors (Lipinski definition) is 1. The van der Waals surface area contributed by atoms with Crippen molar-refractivity contribution in [3.8, 4) is 0 Å². The van der Waals surface area contributed by atoms with Crippen LogP contribution in [-0.2, 0) is 18.6 Å². The van der Waals surface area contributed by atoms with Gasteiger partial charge in [-0.2, -0.15) is 0 Å². The van der Waals surface area contributed by atoms with Crippen molar-refractivity contribution in [1.29, 1.82) is 0 Å². The second kappa shape index (κ2) is 3.73. The van der Waals surface area contributed by atoms with Gasteiger partial charge in [-0.15, -0.1) is 0 Å². The molecule has 3 heteroatoms. The summed E-state index contributed by atoms with van der Waals surface area (Å²) >= 11 is 0. The fourth-order valence-electron chi connectivity index (χ4n) is 0. The Bertz CT molecular complexity index is 41.4. The molecule has 0 rings (SSSR count). The van der Waals surface area contributed by atoms with E-state index in [9.17, 15) is 0 Å². The van der Waals surface area contributed by atoms with E-state index >= 15 is 0 Å². The molecule has 1 radical (unpaired) electrons. The maximum atomic E-state index is 5.37. The van der Waals surface area contributed by atoms with Crippen LogP contribution in [0, 0.1) is 0 Å². The van der Waals surface area contributed by atoms with Crippen molar-refractivity contribution in [2.75, 3.05) is 6.17 Å². The topological polar surface area (TPSA) is 26.0 Å². The van der Waals surface area contributed by atoms with Gasteiger partial charge < -0.3 is 5.73 Å². The van der Waals surface area contributed by atoms with Crippen LogP contribution in [0.4, 0.5) is 0 Å². The predicted molar refractivity (Wildman–Crippen MR) is 32.4 cm³/mol. The standard InChI is InChI=1S/C4H13NSi.V/c1-6(2,3)4-5;/h4-5H2,1-3H3;. The Kier molecular flexibility index (Phi) is 5.69. The molecule has 0 aromatic heterocycles. The molecule has 0 aliphatic rings. The van der Waals surface area contributed by atoms with Gasteiger partial charge in [0.1, 0.15) is 0 Å². The third-order valence-corrected chi connectivity index (χ3v) is 1.84. The zero-order valence-corrected chi connectivity index (χ0v) is 7.63. The minimum atomic E-state index is -0.853. The average molecular weight is 154 g/mol. The van der Waals surface area contributed by atoms with Crippen molar-refractivity contribution in [3.05, 3.63) is 0 Å². The van der Waals surface area contributed by atoms with E-state index in [1.54, 1.807) is 0 Å². The molecule has 0 spiro atoms. The molecule has 0 aliphatic heterocycles. The second-order valence-corrected chi connectivity index (χ2v) is 8.29. The summed E-state index contributed by atoms with van der Waals surface area (Å²) in [6, 6.07) is 0. The maximum Gasteiger partial charge on any atom is 0.0592 e. The van der Waals surface area contributed by atoms with E-state index in [1.165, 1.54) is 0 Å². The molecule has 7 heavy (non-hydrogen) atoms. The molecule has 0 saturated carbocycles. The second-order valence-electron chi connectivity index (χ2n) is 2.76. The van der Waals surface area contributed by atoms with Gasteiger partial charge in [-0.3, -0.25) is 0 Å². The van der Waals surface area contributed by atoms with Crippen LogP contribution >= 0.6 is 0 Å². The van der Waals surface area contributed by atoms with E-state index in [0.717, 1.165) is 6.17 Å². The Hall–Kier alpha value is 0.761. The number of rotatable bonds is 1. The predicted octanol–water partition coefficient (Wildman–Crippen LogP) is 0.820. The molecular weight excluding hydrogens is 141 g/mol. The van der Waals surface area contributed by atoms with Crippen LogP contribution in [0.1, 0.15) is 0 Å². The van der Waals surface area contributed by atoms with Crippen molar-refractivity contribution < 1.29 is 18.6 Å². The van der Waals surface area contributed by atoms with E-state index in [2.05, 4.69) is 19.6 Å². The minimum Gasteiger partial charge on any atom is -0.333 e. The quantitative estimate of drug-likeness (QED) is 0.556. The van der Waals surface area contributed by atoms with Crippen molar-refractivity contribution in [1.82, 2.24) is 0 Å². The van der Waals surface area contributed by atoms with Gasteiger partial charge in [-0.05, 0) is 6.17 Å². The van der Waals surface area contributed by atoms with Gasteiger partial charge >= 0.3 is 0 Å². The van der Waals surface area contributed by atoms with Crippen molar-refractivity contribution >= 4 is 8.07 Å². The largest absolute Gasteiger partial charge is 0.333 e. The summed E-state index contributed by atoms with van der Waals surface area (Å²) < 4.78 is 0. The summed E-state index contributed by atoms with van der Waals surface area (Å²) in [5, 5.41) is 0. The molecule has 0 heterocycles. The molecule has 0 aliphatic carbocycles. The molecule has 1 nitrogen and oxygen atoms in total. The van der Waals surface area contributed by atoms with Crippen LogP contribution in [0.5, 0.6) is 0 Å². The Labute approximate surface area is 58.6 Å². The van der Waals surface area contributed by atoms with E-state index in [4.69, 9.17) is 5.73 Å². The fourth-order valence-corrected chi connectivity index (χ4v) is 0.